The summed E-state index contributed by atoms with van der Waals surface area (Å²) in [5.74, 6) is -0.368. The average Bonchev–Trinajstić information content (AvgIpc) is 2.30. The predicted molar refractivity (Wildman–Crippen MR) is 54.3 cm³/mol. The van der Waals surface area contributed by atoms with Crippen molar-refractivity contribution in [1.29, 1.82) is 5.26 Å². The monoisotopic (exact) mass is 198 g/mol. The molecule has 0 bridgehead atoms. The summed E-state index contributed by atoms with van der Waals surface area (Å²) in [4.78, 5) is 4.02. The molecule has 0 aliphatic rings. The first-order chi connectivity index (χ1) is 7.33. The Labute approximate surface area is 86.6 Å². The SMILES string of the molecule is N#Cc1cccnc1-c1ccccc1F. The second-order valence-electron chi connectivity index (χ2n) is 2.99. The van der Waals surface area contributed by atoms with E-state index in [1.54, 1.807) is 36.5 Å². The van der Waals surface area contributed by atoms with Crippen LogP contribution in [0.2, 0.25) is 0 Å². The second-order valence-corrected chi connectivity index (χ2v) is 2.99. The van der Waals surface area contributed by atoms with Crippen LogP contribution in [0, 0.1) is 17.1 Å². The first kappa shape index (κ1) is 9.35. The van der Waals surface area contributed by atoms with Crippen LogP contribution < -0.4 is 0 Å². The van der Waals surface area contributed by atoms with Crippen LogP contribution in [-0.4, -0.2) is 4.98 Å². The molecule has 1 aromatic carbocycles. The lowest BCUT2D eigenvalue weighted by Crippen LogP contribution is -1.90. The Hall–Kier alpha value is -2.21. The van der Waals surface area contributed by atoms with Gasteiger partial charge in [-0.1, -0.05) is 12.1 Å². The quantitative estimate of drug-likeness (QED) is 0.706. The van der Waals surface area contributed by atoms with Crippen molar-refractivity contribution in [3.8, 4) is 17.3 Å². The van der Waals surface area contributed by atoms with E-state index in [9.17, 15) is 4.39 Å². The highest BCUT2D eigenvalue weighted by Gasteiger charge is 2.09. The van der Waals surface area contributed by atoms with E-state index in [2.05, 4.69) is 4.98 Å². The molecule has 0 atom stereocenters. The van der Waals surface area contributed by atoms with Crippen molar-refractivity contribution < 1.29 is 4.39 Å². The normalized spacial score (nSPS) is 9.60. The summed E-state index contributed by atoms with van der Waals surface area (Å²) >= 11 is 0. The number of hydrogen-bond donors (Lipinski definition) is 0. The number of nitriles is 1. The number of rotatable bonds is 1. The van der Waals surface area contributed by atoms with E-state index in [0.717, 1.165) is 0 Å². The number of nitrogens with zero attached hydrogens (tertiary/aromatic N) is 2. The van der Waals surface area contributed by atoms with Gasteiger partial charge in [0.15, 0.2) is 0 Å². The molecule has 2 nitrogen and oxygen atoms in total. The molecule has 0 saturated heterocycles. The lowest BCUT2D eigenvalue weighted by atomic mass is 10.1. The van der Waals surface area contributed by atoms with Crippen molar-refractivity contribution >= 4 is 0 Å². The molecule has 0 amide bonds. The molecular formula is C12H7FN2. The number of pyridine rings is 1. The van der Waals surface area contributed by atoms with Gasteiger partial charge in [0.1, 0.15) is 11.9 Å². The third kappa shape index (κ3) is 1.70. The van der Waals surface area contributed by atoms with Gasteiger partial charge in [-0.3, -0.25) is 4.98 Å². The molecule has 0 unspecified atom stereocenters. The van der Waals surface area contributed by atoms with Gasteiger partial charge in [-0.25, -0.2) is 4.39 Å². The summed E-state index contributed by atoms with van der Waals surface area (Å²) in [5.41, 5.74) is 1.12. The molecule has 0 spiro atoms. The smallest absolute Gasteiger partial charge is 0.132 e. The molecule has 0 fully saturated rings. The van der Waals surface area contributed by atoms with Crippen molar-refractivity contribution in [2.75, 3.05) is 0 Å². The van der Waals surface area contributed by atoms with Crippen molar-refractivity contribution in [3.05, 3.63) is 54.0 Å². The van der Waals surface area contributed by atoms with E-state index >= 15 is 0 Å². The van der Waals surface area contributed by atoms with Crippen molar-refractivity contribution in [3.63, 3.8) is 0 Å². The summed E-state index contributed by atoms with van der Waals surface area (Å²) in [6, 6.07) is 11.6. The maximum absolute atomic E-state index is 13.4. The summed E-state index contributed by atoms with van der Waals surface area (Å²) < 4.78 is 13.4. The molecule has 72 valence electrons. The van der Waals surface area contributed by atoms with Gasteiger partial charge in [-0.15, -0.1) is 0 Å². The molecule has 0 aliphatic carbocycles. The van der Waals surface area contributed by atoms with Crippen LogP contribution in [0.4, 0.5) is 4.39 Å². The highest BCUT2D eigenvalue weighted by molar-refractivity contribution is 5.66. The Morgan fingerprint density at radius 3 is 2.67 bits per heavy atom. The Bertz CT molecular complexity index is 529. The predicted octanol–water partition coefficient (Wildman–Crippen LogP) is 2.76. The molecule has 1 heterocycles. The summed E-state index contributed by atoms with van der Waals surface area (Å²) in [6.07, 6.45) is 1.54. The lowest BCUT2D eigenvalue weighted by Gasteiger charge is -2.03. The minimum atomic E-state index is -0.368. The average molecular weight is 198 g/mol. The number of benzene rings is 1. The number of halogens is 1. The summed E-state index contributed by atoms with van der Waals surface area (Å²) in [7, 11) is 0. The highest BCUT2D eigenvalue weighted by Crippen LogP contribution is 2.22. The van der Waals surface area contributed by atoms with Crippen molar-refractivity contribution in [2.24, 2.45) is 0 Å². The largest absolute Gasteiger partial charge is 0.255 e. The van der Waals surface area contributed by atoms with E-state index in [0.29, 0.717) is 16.8 Å². The Balaban J connectivity index is 2.65. The number of hydrogen-bond acceptors (Lipinski definition) is 2. The summed E-state index contributed by atoms with van der Waals surface area (Å²) in [5, 5.41) is 8.86. The van der Waals surface area contributed by atoms with E-state index < -0.39 is 0 Å². The standard InChI is InChI=1S/C12H7FN2/c13-11-6-2-1-5-10(11)12-9(8-14)4-3-7-15-12/h1-7H. The van der Waals surface area contributed by atoms with Crippen LogP contribution in [-0.2, 0) is 0 Å². The van der Waals surface area contributed by atoms with Gasteiger partial charge in [0.25, 0.3) is 0 Å². The fourth-order valence-corrected chi connectivity index (χ4v) is 1.36. The molecule has 2 rings (SSSR count). The fraction of sp³-hybridized carbons (Fsp3) is 0. The van der Waals surface area contributed by atoms with Crippen LogP contribution in [0.5, 0.6) is 0 Å². The van der Waals surface area contributed by atoms with Crippen LogP contribution in [0.25, 0.3) is 11.3 Å². The van der Waals surface area contributed by atoms with Crippen molar-refractivity contribution in [1.82, 2.24) is 4.98 Å². The van der Waals surface area contributed by atoms with Crippen molar-refractivity contribution in [2.45, 2.75) is 0 Å². The van der Waals surface area contributed by atoms with Gasteiger partial charge >= 0.3 is 0 Å². The Kier molecular flexibility index (Phi) is 2.42. The molecule has 0 radical (unpaired) electrons. The van der Waals surface area contributed by atoms with E-state index in [1.807, 2.05) is 6.07 Å². The topological polar surface area (TPSA) is 36.7 Å². The molecule has 0 saturated carbocycles. The molecule has 15 heavy (non-hydrogen) atoms. The second kappa shape index (κ2) is 3.89. The molecule has 1 aromatic heterocycles. The third-order valence-electron chi connectivity index (χ3n) is 2.06. The van der Waals surface area contributed by atoms with Gasteiger partial charge in [0.05, 0.1) is 11.3 Å². The zero-order valence-corrected chi connectivity index (χ0v) is 7.81. The van der Waals surface area contributed by atoms with Gasteiger partial charge in [0, 0.05) is 11.8 Å². The molecular weight excluding hydrogens is 191 g/mol. The molecule has 0 N–H and O–H groups in total. The first-order valence-corrected chi connectivity index (χ1v) is 4.43. The van der Waals surface area contributed by atoms with E-state index in [1.165, 1.54) is 6.07 Å². The Morgan fingerprint density at radius 2 is 1.93 bits per heavy atom. The Morgan fingerprint density at radius 1 is 1.13 bits per heavy atom. The lowest BCUT2D eigenvalue weighted by molar-refractivity contribution is 0.630. The van der Waals surface area contributed by atoms with Gasteiger partial charge in [0.2, 0.25) is 0 Å². The first-order valence-electron chi connectivity index (χ1n) is 4.43. The summed E-state index contributed by atoms with van der Waals surface area (Å²) in [6.45, 7) is 0. The highest BCUT2D eigenvalue weighted by atomic mass is 19.1. The van der Waals surface area contributed by atoms with Crippen LogP contribution in [0.15, 0.2) is 42.6 Å². The zero-order valence-electron chi connectivity index (χ0n) is 7.81. The maximum atomic E-state index is 13.4. The minimum absolute atomic E-state index is 0.356. The fourth-order valence-electron chi connectivity index (χ4n) is 1.36. The van der Waals surface area contributed by atoms with E-state index in [4.69, 9.17) is 5.26 Å². The molecule has 3 heteroatoms. The third-order valence-corrected chi connectivity index (χ3v) is 2.06. The minimum Gasteiger partial charge on any atom is -0.255 e. The number of aromatic nitrogens is 1. The van der Waals surface area contributed by atoms with Crippen LogP contribution in [0.3, 0.4) is 0 Å². The van der Waals surface area contributed by atoms with Crippen LogP contribution in [0.1, 0.15) is 5.56 Å². The molecule has 0 aliphatic heterocycles. The van der Waals surface area contributed by atoms with Crippen LogP contribution >= 0.6 is 0 Å². The van der Waals surface area contributed by atoms with E-state index in [-0.39, 0.29) is 5.82 Å². The van der Waals surface area contributed by atoms with Gasteiger partial charge < -0.3 is 0 Å². The zero-order chi connectivity index (χ0) is 10.7. The maximum Gasteiger partial charge on any atom is 0.132 e. The van der Waals surface area contributed by atoms with Gasteiger partial charge in [-0.2, -0.15) is 5.26 Å². The van der Waals surface area contributed by atoms with Gasteiger partial charge in [-0.05, 0) is 24.3 Å². The molecule has 2 aromatic rings.